The average molecular weight is 252 g/mol. The van der Waals surface area contributed by atoms with Crippen molar-refractivity contribution < 1.29 is 9.18 Å². The van der Waals surface area contributed by atoms with E-state index in [-0.39, 0.29) is 11.4 Å². The van der Waals surface area contributed by atoms with Crippen molar-refractivity contribution in [2.45, 2.75) is 0 Å². The van der Waals surface area contributed by atoms with Gasteiger partial charge in [0.1, 0.15) is 0 Å². The SMILES string of the molecule is O=C(Nc1ncccc1Cl)c1ccc(F)nc1. The number of anilines is 1. The van der Waals surface area contributed by atoms with Crippen LogP contribution in [0, 0.1) is 5.95 Å². The predicted molar refractivity (Wildman–Crippen MR) is 61.4 cm³/mol. The Labute approximate surface area is 101 Å². The van der Waals surface area contributed by atoms with Crippen molar-refractivity contribution in [1.82, 2.24) is 9.97 Å². The van der Waals surface area contributed by atoms with Gasteiger partial charge in [0.05, 0.1) is 10.6 Å². The second-order valence-electron chi connectivity index (χ2n) is 3.16. The highest BCUT2D eigenvalue weighted by Crippen LogP contribution is 2.18. The van der Waals surface area contributed by atoms with Crippen molar-refractivity contribution in [3.8, 4) is 0 Å². The maximum Gasteiger partial charge on any atom is 0.258 e. The fourth-order valence-electron chi connectivity index (χ4n) is 1.17. The monoisotopic (exact) mass is 251 g/mol. The number of hydrogen-bond donors (Lipinski definition) is 1. The van der Waals surface area contributed by atoms with E-state index >= 15 is 0 Å². The zero-order valence-corrected chi connectivity index (χ0v) is 9.28. The summed E-state index contributed by atoms with van der Waals surface area (Å²) in [5.74, 6) is -0.834. The molecule has 86 valence electrons. The van der Waals surface area contributed by atoms with E-state index in [2.05, 4.69) is 15.3 Å². The molecule has 0 saturated carbocycles. The third kappa shape index (κ3) is 2.76. The Bertz CT molecular complexity index is 545. The van der Waals surface area contributed by atoms with Gasteiger partial charge in [0, 0.05) is 12.4 Å². The molecule has 2 aromatic heterocycles. The van der Waals surface area contributed by atoms with Crippen molar-refractivity contribution >= 4 is 23.3 Å². The van der Waals surface area contributed by atoms with Crippen molar-refractivity contribution in [3.05, 3.63) is 53.2 Å². The first kappa shape index (κ1) is 11.5. The van der Waals surface area contributed by atoms with Gasteiger partial charge in [-0.3, -0.25) is 4.79 Å². The lowest BCUT2D eigenvalue weighted by Crippen LogP contribution is -2.13. The molecule has 0 aromatic carbocycles. The van der Waals surface area contributed by atoms with E-state index < -0.39 is 11.9 Å². The highest BCUT2D eigenvalue weighted by molar-refractivity contribution is 6.33. The highest BCUT2D eigenvalue weighted by atomic mass is 35.5. The summed E-state index contributed by atoms with van der Waals surface area (Å²) in [6, 6.07) is 5.69. The molecule has 4 nitrogen and oxygen atoms in total. The number of hydrogen-bond acceptors (Lipinski definition) is 3. The largest absolute Gasteiger partial charge is 0.305 e. The van der Waals surface area contributed by atoms with Crippen molar-refractivity contribution in [2.24, 2.45) is 0 Å². The van der Waals surface area contributed by atoms with Gasteiger partial charge in [-0.05, 0) is 24.3 Å². The number of nitrogens with zero attached hydrogens (tertiary/aromatic N) is 2. The maximum absolute atomic E-state index is 12.6. The van der Waals surface area contributed by atoms with E-state index in [1.807, 2.05) is 0 Å². The molecule has 2 rings (SSSR count). The fourth-order valence-corrected chi connectivity index (χ4v) is 1.34. The Kier molecular flexibility index (Phi) is 3.30. The van der Waals surface area contributed by atoms with Crippen LogP contribution in [0.15, 0.2) is 36.7 Å². The van der Waals surface area contributed by atoms with Gasteiger partial charge in [-0.2, -0.15) is 4.39 Å². The van der Waals surface area contributed by atoms with Crippen LogP contribution in [0.3, 0.4) is 0 Å². The highest BCUT2D eigenvalue weighted by Gasteiger charge is 2.09. The topological polar surface area (TPSA) is 54.9 Å². The summed E-state index contributed by atoms with van der Waals surface area (Å²) in [5.41, 5.74) is 0.230. The molecule has 0 aliphatic carbocycles. The summed E-state index contributed by atoms with van der Waals surface area (Å²) in [5, 5.41) is 2.83. The summed E-state index contributed by atoms with van der Waals surface area (Å²) < 4.78 is 12.6. The first-order chi connectivity index (χ1) is 8.16. The van der Waals surface area contributed by atoms with Gasteiger partial charge in [-0.15, -0.1) is 0 Å². The molecule has 6 heteroatoms. The molecule has 2 aromatic rings. The second-order valence-corrected chi connectivity index (χ2v) is 3.56. The van der Waals surface area contributed by atoms with Crippen LogP contribution in [0.4, 0.5) is 10.2 Å². The third-order valence-electron chi connectivity index (χ3n) is 1.98. The van der Waals surface area contributed by atoms with Crippen LogP contribution in [0.2, 0.25) is 5.02 Å². The molecule has 0 fully saturated rings. The summed E-state index contributed by atoms with van der Waals surface area (Å²) in [6.45, 7) is 0. The first-order valence-corrected chi connectivity index (χ1v) is 5.08. The second kappa shape index (κ2) is 4.88. The van der Waals surface area contributed by atoms with E-state index in [1.165, 1.54) is 12.3 Å². The van der Waals surface area contributed by atoms with Crippen LogP contribution in [-0.2, 0) is 0 Å². The molecule has 0 saturated heterocycles. The minimum absolute atomic E-state index is 0.230. The van der Waals surface area contributed by atoms with Gasteiger partial charge in [-0.25, -0.2) is 9.97 Å². The van der Waals surface area contributed by atoms with E-state index in [1.54, 1.807) is 12.1 Å². The van der Waals surface area contributed by atoms with Crippen LogP contribution >= 0.6 is 11.6 Å². The zero-order valence-electron chi connectivity index (χ0n) is 8.52. The lowest BCUT2D eigenvalue weighted by Gasteiger charge is -2.05. The molecular weight excluding hydrogens is 245 g/mol. The quantitative estimate of drug-likeness (QED) is 0.835. The van der Waals surface area contributed by atoms with E-state index in [9.17, 15) is 9.18 Å². The molecule has 0 spiro atoms. The molecule has 0 bridgehead atoms. The Balaban J connectivity index is 2.17. The Morgan fingerprint density at radius 3 is 2.76 bits per heavy atom. The molecule has 17 heavy (non-hydrogen) atoms. The third-order valence-corrected chi connectivity index (χ3v) is 2.28. The number of halogens is 2. The van der Waals surface area contributed by atoms with Crippen LogP contribution < -0.4 is 5.32 Å². The lowest BCUT2D eigenvalue weighted by atomic mass is 10.2. The van der Waals surface area contributed by atoms with E-state index in [0.29, 0.717) is 5.02 Å². The Hall–Kier alpha value is -2.01. The van der Waals surface area contributed by atoms with Crippen molar-refractivity contribution in [1.29, 1.82) is 0 Å². The van der Waals surface area contributed by atoms with Gasteiger partial charge >= 0.3 is 0 Å². The van der Waals surface area contributed by atoms with Gasteiger partial charge in [-0.1, -0.05) is 11.6 Å². The maximum atomic E-state index is 12.6. The van der Waals surface area contributed by atoms with Crippen LogP contribution in [0.25, 0.3) is 0 Å². The lowest BCUT2D eigenvalue weighted by molar-refractivity contribution is 0.102. The Morgan fingerprint density at radius 2 is 2.12 bits per heavy atom. The minimum Gasteiger partial charge on any atom is -0.305 e. The summed E-state index contributed by atoms with van der Waals surface area (Å²) >= 11 is 5.83. The smallest absolute Gasteiger partial charge is 0.258 e. The van der Waals surface area contributed by atoms with Crippen LogP contribution in [0.5, 0.6) is 0 Å². The zero-order chi connectivity index (χ0) is 12.3. The van der Waals surface area contributed by atoms with Gasteiger partial charge in [0.2, 0.25) is 5.95 Å². The molecule has 0 aliphatic rings. The van der Waals surface area contributed by atoms with E-state index in [0.717, 1.165) is 12.3 Å². The van der Waals surface area contributed by atoms with Crippen LogP contribution in [0.1, 0.15) is 10.4 Å². The number of nitrogens with one attached hydrogen (secondary N) is 1. The summed E-state index contributed by atoms with van der Waals surface area (Å²) in [4.78, 5) is 19.0. The predicted octanol–water partition coefficient (Wildman–Crippen LogP) is 2.52. The molecule has 0 radical (unpaired) electrons. The number of carbonyl (C=O) groups is 1. The van der Waals surface area contributed by atoms with Crippen LogP contribution in [-0.4, -0.2) is 15.9 Å². The standard InChI is InChI=1S/C11H7ClFN3O/c12-8-2-1-5-14-10(8)16-11(17)7-3-4-9(13)15-6-7/h1-6H,(H,14,16,17). The van der Waals surface area contributed by atoms with Crippen molar-refractivity contribution in [2.75, 3.05) is 5.32 Å². The van der Waals surface area contributed by atoms with E-state index in [4.69, 9.17) is 11.6 Å². The minimum atomic E-state index is -0.641. The first-order valence-electron chi connectivity index (χ1n) is 4.70. The number of pyridine rings is 2. The number of rotatable bonds is 2. The number of amides is 1. The van der Waals surface area contributed by atoms with Gasteiger partial charge in [0.25, 0.3) is 5.91 Å². The van der Waals surface area contributed by atoms with Crippen molar-refractivity contribution in [3.63, 3.8) is 0 Å². The van der Waals surface area contributed by atoms with Gasteiger partial charge in [0.15, 0.2) is 5.82 Å². The number of carbonyl (C=O) groups excluding carboxylic acids is 1. The molecule has 0 unspecified atom stereocenters. The fraction of sp³-hybridized carbons (Fsp3) is 0. The molecule has 0 aliphatic heterocycles. The molecular formula is C11H7ClFN3O. The molecule has 1 N–H and O–H groups in total. The summed E-state index contributed by atoms with van der Waals surface area (Å²) in [6.07, 6.45) is 2.64. The number of aromatic nitrogens is 2. The Morgan fingerprint density at radius 1 is 1.29 bits per heavy atom. The normalized spacial score (nSPS) is 10.0. The average Bonchev–Trinajstić information content (AvgIpc) is 2.33. The molecule has 1 amide bonds. The summed E-state index contributed by atoms with van der Waals surface area (Å²) in [7, 11) is 0. The molecule has 0 atom stereocenters. The van der Waals surface area contributed by atoms with Gasteiger partial charge < -0.3 is 5.32 Å². The molecule has 2 heterocycles.